The van der Waals surface area contributed by atoms with Gasteiger partial charge in [-0.15, -0.1) is 11.3 Å². The maximum atomic E-state index is 3.32. The standard InChI is InChI=1S/C4H2Br2S.Mg.2H/c5-3-1-2-4(6)7-3;;;/h1-2H;;;. The molecule has 1 rings (SSSR count). The predicted molar refractivity (Wildman–Crippen MR) is 48.3 cm³/mol. The predicted octanol–water partition coefficient (Wildman–Crippen LogP) is 2.36. The van der Waals surface area contributed by atoms with Gasteiger partial charge in [0.2, 0.25) is 0 Å². The normalized spacial score (nSPS) is 8.25. The van der Waals surface area contributed by atoms with E-state index in [2.05, 4.69) is 31.9 Å². The van der Waals surface area contributed by atoms with Crippen molar-refractivity contribution in [1.29, 1.82) is 0 Å². The molecule has 0 nitrogen and oxygen atoms in total. The fourth-order valence-corrected chi connectivity index (χ4v) is 2.71. The zero-order chi connectivity index (χ0) is 5.28. The molecule has 42 valence electrons. The van der Waals surface area contributed by atoms with Gasteiger partial charge in [-0.2, -0.15) is 0 Å². The number of hydrogen-bond acceptors (Lipinski definition) is 1. The number of rotatable bonds is 0. The second kappa shape index (κ2) is 4.27. The Balaban J connectivity index is 0.000000490. The van der Waals surface area contributed by atoms with Crippen molar-refractivity contribution < 1.29 is 0 Å². The Kier molecular flexibility index (Phi) is 5.04. The average molecular weight is 268 g/mol. The molecule has 0 spiro atoms. The van der Waals surface area contributed by atoms with E-state index in [0.717, 1.165) is 0 Å². The molecular formula is C4H4Br2MgS. The number of halogens is 2. The van der Waals surface area contributed by atoms with E-state index in [0.29, 0.717) is 0 Å². The summed E-state index contributed by atoms with van der Waals surface area (Å²) in [5, 5.41) is 0. The molecular weight excluding hydrogens is 264 g/mol. The summed E-state index contributed by atoms with van der Waals surface area (Å²) >= 11 is 8.32. The lowest BCUT2D eigenvalue weighted by molar-refractivity contribution is 1.93. The van der Waals surface area contributed by atoms with Crippen molar-refractivity contribution in [2.75, 3.05) is 0 Å². The number of hydrogen-bond donors (Lipinski definition) is 0. The highest BCUT2D eigenvalue weighted by Crippen LogP contribution is 2.25. The number of thiophene rings is 1. The molecule has 4 heteroatoms. The van der Waals surface area contributed by atoms with Crippen molar-refractivity contribution in [1.82, 2.24) is 0 Å². The van der Waals surface area contributed by atoms with Crippen LogP contribution >= 0.6 is 43.2 Å². The Morgan fingerprint density at radius 3 is 1.62 bits per heavy atom. The lowest BCUT2D eigenvalue weighted by Crippen LogP contribution is -1.30. The molecule has 0 saturated heterocycles. The molecule has 1 aromatic rings. The van der Waals surface area contributed by atoms with E-state index in [4.69, 9.17) is 0 Å². The van der Waals surface area contributed by atoms with Gasteiger partial charge in [0.05, 0.1) is 7.57 Å². The molecule has 0 aliphatic rings. The molecule has 1 heterocycles. The Bertz CT molecular complexity index is 146. The summed E-state index contributed by atoms with van der Waals surface area (Å²) < 4.78 is 2.33. The summed E-state index contributed by atoms with van der Waals surface area (Å²) in [6.45, 7) is 0. The monoisotopic (exact) mass is 266 g/mol. The first-order chi connectivity index (χ1) is 3.29. The van der Waals surface area contributed by atoms with Crippen LogP contribution in [0.25, 0.3) is 0 Å². The van der Waals surface area contributed by atoms with Gasteiger partial charge >= 0.3 is 23.1 Å². The van der Waals surface area contributed by atoms with Crippen molar-refractivity contribution in [3.05, 3.63) is 19.7 Å². The van der Waals surface area contributed by atoms with Gasteiger partial charge < -0.3 is 0 Å². The molecule has 0 saturated carbocycles. The summed E-state index contributed by atoms with van der Waals surface area (Å²) in [5.41, 5.74) is 0. The third kappa shape index (κ3) is 2.82. The minimum atomic E-state index is 0. The largest absolute Gasteiger partial charge is 0.316 e. The smallest absolute Gasteiger partial charge is 0.121 e. The minimum Gasteiger partial charge on any atom is -0.121 e. The summed E-state index contributed by atoms with van der Waals surface area (Å²) in [6.07, 6.45) is 0. The molecule has 8 heavy (non-hydrogen) atoms. The molecule has 0 amide bonds. The van der Waals surface area contributed by atoms with Crippen molar-refractivity contribution >= 4 is 66.2 Å². The molecule has 0 aliphatic heterocycles. The van der Waals surface area contributed by atoms with Crippen LogP contribution in [0.4, 0.5) is 0 Å². The molecule has 0 bridgehead atoms. The fourth-order valence-electron chi connectivity index (χ4n) is 0.292. The summed E-state index contributed by atoms with van der Waals surface area (Å²) in [7, 11) is 0. The van der Waals surface area contributed by atoms with Gasteiger partial charge in [-0.05, 0) is 44.0 Å². The highest BCUT2D eigenvalue weighted by atomic mass is 79.9. The van der Waals surface area contributed by atoms with Crippen LogP contribution in [0.1, 0.15) is 0 Å². The molecule has 1 aromatic heterocycles. The topological polar surface area (TPSA) is 0 Å². The summed E-state index contributed by atoms with van der Waals surface area (Å²) in [6, 6.07) is 4.02. The van der Waals surface area contributed by atoms with Gasteiger partial charge in [-0.25, -0.2) is 0 Å². The highest BCUT2D eigenvalue weighted by Gasteiger charge is 1.88. The van der Waals surface area contributed by atoms with E-state index in [1.807, 2.05) is 12.1 Å². The second-order valence-electron chi connectivity index (χ2n) is 1.04. The van der Waals surface area contributed by atoms with Crippen LogP contribution in [0.5, 0.6) is 0 Å². The van der Waals surface area contributed by atoms with Gasteiger partial charge in [0, 0.05) is 0 Å². The quantitative estimate of drug-likeness (QED) is 0.634. The lowest BCUT2D eigenvalue weighted by atomic mass is 10.7. The van der Waals surface area contributed by atoms with Crippen LogP contribution in [0.3, 0.4) is 0 Å². The van der Waals surface area contributed by atoms with E-state index < -0.39 is 0 Å². The third-order valence-corrected chi connectivity index (χ3v) is 2.70. The van der Waals surface area contributed by atoms with Crippen molar-refractivity contribution in [3.8, 4) is 0 Å². The molecule has 0 unspecified atom stereocenters. The first-order valence-electron chi connectivity index (χ1n) is 1.70. The van der Waals surface area contributed by atoms with E-state index in [9.17, 15) is 0 Å². The van der Waals surface area contributed by atoms with Crippen LogP contribution in [0, 0.1) is 0 Å². The maximum absolute atomic E-state index is 3.32. The van der Waals surface area contributed by atoms with Crippen molar-refractivity contribution in [2.24, 2.45) is 0 Å². The summed E-state index contributed by atoms with van der Waals surface area (Å²) in [4.78, 5) is 0. The van der Waals surface area contributed by atoms with Crippen LogP contribution in [0.15, 0.2) is 19.7 Å². The molecule has 0 fully saturated rings. The third-order valence-electron chi connectivity index (χ3n) is 0.540. The second-order valence-corrected chi connectivity index (χ2v) is 4.89. The Morgan fingerprint density at radius 2 is 1.50 bits per heavy atom. The maximum Gasteiger partial charge on any atom is 0.316 e. The Hall–Kier alpha value is 1.43. The molecule has 0 atom stereocenters. The zero-order valence-corrected chi connectivity index (χ0v) is 7.31. The van der Waals surface area contributed by atoms with Gasteiger partial charge in [-0.1, -0.05) is 0 Å². The van der Waals surface area contributed by atoms with Gasteiger partial charge in [0.1, 0.15) is 0 Å². The minimum absolute atomic E-state index is 0. The zero-order valence-electron chi connectivity index (χ0n) is 3.32. The Labute approximate surface area is 85.1 Å². The van der Waals surface area contributed by atoms with E-state index in [1.54, 1.807) is 11.3 Å². The highest BCUT2D eigenvalue weighted by molar-refractivity contribution is 9.12. The Morgan fingerprint density at radius 1 is 1.12 bits per heavy atom. The molecule has 0 aromatic carbocycles. The first kappa shape index (κ1) is 9.43. The van der Waals surface area contributed by atoms with Crippen LogP contribution in [-0.2, 0) is 0 Å². The van der Waals surface area contributed by atoms with Crippen LogP contribution in [-0.4, -0.2) is 23.1 Å². The summed E-state index contributed by atoms with van der Waals surface area (Å²) in [5.74, 6) is 0. The van der Waals surface area contributed by atoms with Gasteiger partial charge in [0.15, 0.2) is 0 Å². The van der Waals surface area contributed by atoms with E-state index in [-0.39, 0.29) is 23.1 Å². The SMILES string of the molecule is Brc1ccc(Br)s1.[MgH2]. The van der Waals surface area contributed by atoms with E-state index in [1.165, 1.54) is 7.57 Å². The van der Waals surface area contributed by atoms with Gasteiger partial charge in [0.25, 0.3) is 0 Å². The van der Waals surface area contributed by atoms with Crippen molar-refractivity contribution in [2.45, 2.75) is 0 Å². The van der Waals surface area contributed by atoms with Crippen LogP contribution in [0.2, 0.25) is 0 Å². The average Bonchev–Trinajstić information content (AvgIpc) is 1.87. The molecule has 0 aliphatic carbocycles. The molecule has 0 N–H and O–H groups in total. The van der Waals surface area contributed by atoms with Crippen molar-refractivity contribution in [3.63, 3.8) is 0 Å². The molecule has 0 radical (unpaired) electrons. The van der Waals surface area contributed by atoms with Gasteiger partial charge in [-0.3, -0.25) is 0 Å². The van der Waals surface area contributed by atoms with Crippen LogP contribution < -0.4 is 0 Å². The fraction of sp³-hybridized carbons (Fsp3) is 0. The van der Waals surface area contributed by atoms with E-state index >= 15 is 0 Å². The lowest BCUT2D eigenvalue weighted by Gasteiger charge is -1.67. The first-order valence-corrected chi connectivity index (χ1v) is 4.10.